The summed E-state index contributed by atoms with van der Waals surface area (Å²) in [5.74, 6) is -0.137. The molecule has 0 radical (unpaired) electrons. The van der Waals surface area contributed by atoms with Gasteiger partial charge in [0.2, 0.25) is 11.0 Å². The van der Waals surface area contributed by atoms with E-state index in [9.17, 15) is 9.59 Å². The Hall–Kier alpha value is -1.59. The number of nitrogens with one attached hydrogen (secondary N) is 1. The summed E-state index contributed by atoms with van der Waals surface area (Å²) in [6, 6.07) is 5.68. The van der Waals surface area contributed by atoms with Crippen LogP contribution in [0.15, 0.2) is 40.4 Å². The zero-order chi connectivity index (χ0) is 17.9. The average molecular weight is 376 g/mol. The van der Waals surface area contributed by atoms with Crippen molar-refractivity contribution in [3.63, 3.8) is 0 Å². The van der Waals surface area contributed by atoms with Crippen LogP contribution in [-0.4, -0.2) is 17.6 Å². The first-order valence-corrected chi connectivity index (χ1v) is 10.6. The van der Waals surface area contributed by atoms with Gasteiger partial charge in [-0.3, -0.25) is 9.59 Å². The van der Waals surface area contributed by atoms with Crippen molar-refractivity contribution in [2.45, 2.75) is 45.4 Å². The molecule has 1 aromatic heterocycles. The van der Waals surface area contributed by atoms with Crippen molar-refractivity contribution < 1.29 is 9.59 Å². The molecular weight excluding hydrogens is 350 g/mol. The molecule has 3 nitrogen and oxygen atoms in total. The zero-order valence-corrected chi connectivity index (χ0v) is 16.3. The fraction of sp³-hybridized carbons (Fsp3) is 0.400. The van der Waals surface area contributed by atoms with Crippen LogP contribution in [0.3, 0.4) is 0 Å². The largest absolute Gasteiger partial charge is 0.353 e. The molecule has 0 aliphatic heterocycles. The van der Waals surface area contributed by atoms with Crippen molar-refractivity contribution in [1.29, 1.82) is 0 Å². The van der Waals surface area contributed by atoms with E-state index in [-0.39, 0.29) is 11.0 Å². The topological polar surface area (TPSA) is 46.2 Å². The Balaban J connectivity index is 1.65. The highest BCUT2D eigenvalue weighted by atomic mass is 32.2. The number of benzene rings is 1. The molecule has 1 amide bonds. The van der Waals surface area contributed by atoms with Gasteiger partial charge in [-0.1, -0.05) is 56.9 Å². The van der Waals surface area contributed by atoms with Gasteiger partial charge in [-0.15, -0.1) is 0 Å². The summed E-state index contributed by atoms with van der Waals surface area (Å²) in [7, 11) is 0. The Bertz CT molecular complexity index is 721. The number of carbonyl (C=O) groups excluding carboxylic acids is 2. The zero-order valence-electron chi connectivity index (χ0n) is 14.6. The highest BCUT2D eigenvalue weighted by Gasteiger charge is 2.06. The van der Waals surface area contributed by atoms with E-state index in [1.807, 2.05) is 23.6 Å². The fourth-order valence-corrected chi connectivity index (χ4v) is 3.85. The number of rotatable bonds is 10. The minimum atomic E-state index is -0.137. The molecule has 2 aromatic rings. The summed E-state index contributed by atoms with van der Waals surface area (Å²) in [6.45, 7) is 2.90. The lowest BCUT2D eigenvalue weighted by Gasteiger charge is -2.02. The van der Waals surface area contributed by atoms with Gasteiger partial charge >= 0.3 is 0 Å². The molecule has 1 aromatic carbocycles. The summed E-state index contributed by atoms with van der Waals surface area (Å²) in [5.41, 5.74) is 0.660. The summed E-state index contributed by atoms with van der Waals surface area (Å²) >= 11 is 2.67. The fourth-order valence-electron chi connectivity index (χ4n) is 2.49. The Morgan fingerprint density at radius 2 is 1.84 bits per heavy atom. The Labute approximate surface area is 157 Å². The maximum atomic E-state index is 12.2. The van der Waals surface area contributed by atoms with Crippen LogP contribution in [0, 0.1) is 0 Å². The van der Waals surface area contributed by atoms with Crippen LogP contribution in [-0.2, 0) is 4.79 Å². The van der Waals surface area contributed by atoms with Gasteiger partial charge in [0.25, 0.3) is 0 Å². The van der Waals surface area contributed by atoms with Gasteiger partial charge in [0, 0.05) is 18.2 Å². The summed E-state index contributed by atoms with van der Waals surface area (Å²) in [6.07, 6.45) is 8.65. The van der Waals surface area contributed by atoms with E-state index in [0.29, 0.717) is 12.1 Å². The average Bonchev–Trinajstić information content (AvgIpc) is 3.08. The molecule has 0 aliphatic rings. The second-order valence-electron chi connectivity index (χ2n) is 5.98. The van der Waals surface area contributed by atoms with Gasteiger partial charge in [0.1, 0.15) is 0 Å². The minimum absolute atomic E-state index is 0.0481. The third-order valence-corrected chi connectivity index (χ3v) is 5.44. The third kappa shape index (κ3) is 7.04. The summed E-state index contributed by atoms with van der Waals surface area (Å²) in [5, 5.41) is 10.7. The molecule has 1 N–H and O–H groups in total. The predicted octanol–water partition coefficient (Wildman–Crippen LogP) is 5.77. The normalized spacial score (nSPS) is 11.2. The second kappa shape index (κ2) is 11.1. The highest BCUT2D eigenvalue weighted by Crippen LogP contribution is 2.23. The van der Waals surface area contributed by atoms with E-state index in [2.05, 4.69) is 17.6 Å². The van der Waals surface area contributed by atoms with Crippen molar-refractivity contribution in [2.75, 3.05) is 6.54 Å². The number of carbonyl (C=O) groups is 2. The molecule has 0 spiro atoms. The number of fused-ring (bicyclic) bond motifs is 1. The Morgan fingerprint density at radius 3 is 2.68 bits per heavy atom. The van der Waals surface area contributed by atoms with Gasteiger partial charge in [0.05, 0.1) is 0 Å². The first-order chi connectivity index (χ1) is 12.2. The van der Waals surface area contributed by atoms with Crippen LogP contribution in [0.1, 0.15) is 55.8 Å². The molecule has 0 aliphatic carbocycles. The highest BCUT2D eigenvalue weighted by molar-refractivity contribution is 8.16. The van der Waals surface area contributed by atoms with Crippen molar-refractivity contribution in [1.82, 2.24) is 5.32 Å². The van der Waals surface area contributed by atoms with Gasteiger partial charge in [0.15, 0.2) is 0 Å². The number of thiophene rings is 1. The SMILES string of the molecule is CCCCCCCCNC(=O)C=CSC(=O)c1ccc2cscc2c1. The molecule has 0 fully saturated rings. The molecule has 0 atom stereocenters. The van der Waals surface area contributed by atoms with Crippen LogP contribution in [0.2, 0.25) is 0 Å². The molecule has 0 saturated carbocycles. The lowest BCUT2D eigenvalue weighted by atomic mass is 10.1. The molecule has 0 unspecified atom stereocenters. The molecule has 1 heterocycles. The predicted molar refractivity (Wildman–Crippen MR) is 109 cm³/mol. The van der Waals surface area contributed by atoms with Crippen molar-refractivity contribution in [3.05, 3.63) is 46.0 Å². The van der Waals surface area contributed by atoms with Crippen LogP contribution >= 0.6 is 23.1 Å². The van der Waals surface area contributed by atoms with Crippen LogP contribution in [0.25, 0.3) is 10.8 Å². The smallest absolute Gasteiger partial charge is 0.244 e. The van der Waals surface area contributed by atoms with Gasteiger partial charge in [-0.2, -0.15) is 11.3 Å². The molecule has 134 valence electrons. The third-order valence-electron chi connectivity index (χ3n) is 3.94. The maximum absolute atomic E-state index is 12.2. The number of hydrogen-bond acceptors (Lipinski definition) is 4. The monoisotopic (exact) mass is 375 g/mol. The first kappa shape index (κ1) is 19.7. The second-order valence-corrected chi connectivity index (χ2v) is 7.60. The van der Waals surface area contributed by atoms with E-state index in [0.717, 1.165) is 35.4 Å². The number of thioether (sulfide) groups is 1. The van der Waals surface area contributed by atoms with Crippen molar-refractivity contribution in [2.24, 2.45) is 0 Å². The Morgan fingerprint density at radius 1 is 1.08 bits per heavy atom. The number of hydrogen-bond donors (Lipinski definition) is 1. The van der Waals surface area contributed by atoms with E-state index in [4.69, 9.17) is 0 Å². The van der Waals surface area contributed by atoms with Gasteiger partial charge < -0.3 is 5.32 Å². The quantitative estimate of drug-likeness (QED) is 0.424. The molecule has 25 heavy (non-hydrogen) atoms. The van der Waals surface area contributed by atoms with E-state index < -0.39 is 0 Å². The molecule has 0 bridgehead atoms. The summed E-state index contributed by atoms with van der Waals surface area (Å²) in [4.78, 5) is 23.9. The minimum Gasteiger partial charge on any atom is -0.353 e. The molecule has 5 heteroatoms. The number of unbranched alkanes of at least 4 members (excludes halogenated alkanes) is 5. The van der Waals surface area contributed by atoms with E-state index >= 15 is 0 Å². The lowest BCUT2D eigenvalue weighted by molar-refractivity contribution is -0.116. The maximum Gasteiger partial charge on any atom is 0.244 e. The van der Waals surface area contributed by atoms with Gasteiger partial charge in [-0.25, -0.2) is 0 Å². The van der Waals surface area contributed by atoms with Crippen LogP contribution < -0.4 is 5.32 Å². The number of amides is 1. The van der Waals surface area contributed by atoms with E-state index in [1.54, 1.807) is 16.7 Å². The Kier molecular flexibility index (Phi) is 8.77. The van der Waals surface area contributed by atoms with Crippen LogP contribution in [0.5, 0.6) is 0 Å². The first-order valence-electron chi connectivity index (χ1n) is 8.82. The van der Waals surface area contributed by atoms with Crippen LogP contribution in [0.4, 0.5) is 0 Å². The van der Waals surface area contributed by atoms with Crippen molar-refractivity contribution >= 4 is 44.9 Å². The van der Waals surface area contributed by atoms with Crippen molar-refractivity contribution in [3.8, 4) is 0 Å². The standard InChI is InChI=1S/C20H25NO2S2/c1-2-3-4-5-6-7-11-21-19(22)10-12-25-20(23)16-8-9-17-14-24-15-18(17)13-16/h8-10,12-15H,2-7,11H2,1H3,(H,21,22). The lowest BCUT2D eigenvalue weighted by Crippen LogP contribution is -2.21. The molecule has 0 saturated heterocycles. The van der Waals surface area contributed by atoms with Gasteiger partial charge in [-0.05, 0) is 45.5 Å². The van der Waals surface area contributed by atoms with E-state index in [1.165, 1.54) is 31.8 Å². The summed E-state index contributed by atoms with van der Waals surface area (Å²) < 4.78 is 0. The molecular formula is C20H25NO2S2. The molecule has 2 rings (SSSR count).